The molecule has 2 aliphatic rings. The molecule has 1 aliphatic heterocycles. The number of esters is 1. The lowest BCUT2D eigenvalue weighted by Crippen LogP contribution is -2.45. The Labute approximate surface area is 225 Å². The van der Waals surface area contributed by atoms with Crippen molar-refractivity contribution in [3.8, 4) is 0 Å². The third-order valence-electron chi connectivity index (χ3n) is 7.61. The molecule has 8 heteroatoms. The van der Waals surface area contributed by atoms with E-state index in [4.69, 9.17) is 9.26 Å². The zero-order valence-corrected chi connectivity index (χ0v) is 23.9. The molecule has 2 rings (SSSR count). The number of allylic oxidation sites excluding steroid dienone is 3. The van der Waals surface area contributed by atoms with Gasteiger partial charge in [-0.3, -0.25) is 0 Å². The maximum absolute atomic E-state index is 11.8. The molecule has 210 valence electrons. The standard InChI is InChI=1S/C29H48NO6P/c1-4-23-14-15-28(33)35-26(23)16-17-29(34,18-19-30(5-2)6-3)27(36-37)21-25(32)12-8-7-10-22-11-9-13-24(31)20-22/h7-8,10,12,14-17,22-27,31-32,34H,4-6,9,11,13,18-21,37H2,1-3H3. The van der Waals surface area contributed by atoms with E-state index in [1.54, 1.807) is 18.2 Å². The van der Waals surface area contributed by atoms with Crippen LogP contribution in [-0.4, -0.2) is 75.8 Å². The molecule has 1 fully saturated rings. The Bertz CT molecular complexity index is 795. The normalized spacial score (nSPS) is 28.3. The van der Waals surface area contributed by atoms with Gasteiger partial charge in [0.1, 0.15) is 11.7 Å². The van der Waals surface area contributed by atoms with Gasteiger partial charge in [-0.25, -0.2) is 4.79 Å². The minimum Gasteiger partial charge on any atom is -0.454 e. The SMILES string of the molecule is CCC1C=CC(=O)OC1C=CC(O)(CCN(CC)CC)C(CC(O)C=CC=CC1CCCC(O)C1)OP. The van der Waals surface area contributed by atoms with E-state index < -0.39 is 23.9 Å². The highest BCUT2D eigenvalue weighted by molar-refractivity contribution is 7.09. The molecule has 1 aliphatic carbocycles. The van der Waals surface area contributed by atoms with E-state index in [-0.39, 0.29) is 24.4 Å². The van der Waals surface area contributed by atoms with E-state index in [1.165, 1.54) is 6.08 Å². The fourth-order valence-corrected chi connectivity index (χ4v) is 5.42. The van der Waals surface area contributed by atoms with E-state index in [0.29, 0.717) is 18.9 Å². The number of aliphatic hydroxyl groups is 3. The molecule has 0 spiro atoms. The predicted molar refractivity (Wildman–Crippen MR) is 151 cm³/mol. The van der Waals surface area contributed by atoms with E-state index >= 15 is 0 Å². The van der Waals surface area contributed by atoms with Gasteiger partial charge in [-0.2, -0.15) is 0 Å². The molecule has 1 saturated carbocycles. The summed E-state index contributed by atoms with van der Waals surface area (Å²) in [6.45, 7) is 8.57. The summed E-state index contributed by atoms with van der Waals surface area (Å²) < 4.78 is 11.2. The van der Waals surface area contributed by atoms with Gasteiger partial charge in [0.15, 0.2) is 0 Å². The summed E-state index contributed by atoms with van der Waals surface area (Å²) in [5, 5.41) is 32.4. The molecule has 37 heavy (non-hydrogen) atoms. The summed E-state index contributed by atoms with van der Waals surface area (Å²) in [6, 6.07) is 0. The first-order valence-corrected chi connectivity index (χ1v) is 14.3. The molecule has 1 heterocycles. The van der Waals surface area contributed by atoms with Crippen LogP contribution in [0.25, 0.3) is 0 Å². The molecule has 0 aromatic rings. The third-order valence-corrected chi connectivity index (χ3v) is 7.94. The molecule has 8 atom stereocenters. The number of cyclic esters (lactones) is 1. The highest BCUT2D eigenvalue weighted by atomic mass is 31.0. The van der Waals surface area contributed by atoms with Crippen LogP contribution in [0.5, 0.6) is 0 Å². The summed E-state index contributed by atoms with van der Waals surface area (Å²) in [7, 11) is 2.23. The van der Waals surface area contributed by atoms with Gasteiger partial charge in [-0.15, -0.1) is 0 Å². The minimum atomic E-state index is -1.38. The molecule has 0 aromatic heterocycles. The summed E-state index contributed by atoms with van der Waals surface area (Å²) in [5.74, 6) is 0.0165. The number of hydrogen-bond donors (Lipinski definition) is 3. The fraction of sp³-hybridized carbons (Fsp3) is 0.690. The van der Waals surface area contributed by atoms with Gasteiger partial charge in [0.25, 0.3) is 0 Å². The molecule has 0 bridgehead atoms. The number of carbonyl (C=O) groups excluding carboxylic acids is 1. The fourth-order valence-electron chi connectivity index (χ4n) is 5.08. The predicted octanol–water partition coefficient (Wildman–Crippen LogP) is 4.10. The Morgan fingerprint density at radius 1 is 1.24 bits per heavy atom. The second-order valence-electron chi connectivity index (χ2n) is 10.2. The molecule has 3 N–H and O–H groups in total. The molecular weight excluding hydrogens is 489 g/mol. The van der Waals surface area contributed by atoms with E-state index in [1.807, 2.05) is 25.2 Å². The number of hydrogen-bond acceptors (Lipinski definition) is 7. The van der Waals surface area contributed by atoms with Crippen LogP contribution < -0.4 is 0 Å². The van der Waals surface area contributed by atoms with Gasteiger partial charge >= 0.3 is 5.97 Å². The van der Waals surface area contributed by atoms with Crippen molar-refractivity contribution in [3.63, 3.8) is 0 Å². The maximum atomic E-state index is 11.8. The zero-order valence-electron chi connectivity index (χ0n) is 22.7. The second-order valence-corrected chi connectivity index (χ2v) is 10.5. The van der Waals surface area contributed by atoms with Crippen molar-refractivity contribution < 1.29 is 29.4 Å². The number of nitrogens with zero attached hydrogens (tertiary/aromatic N) is 1. The van der Waals surface area contributed by atoms with Crippen molar-refractivity contribution in [2.45, 2.75) is 95.7 Å². The number of carbonyl (C=O) groups is 1. The van der Waals surface area contributed by atoms with Crippen LogP contribution in [0.2, 0.25) is 0 Å². The molecule has 0 radical (unpaired) electrons. The smallest absolute Gasteiger partial charge is 0.331 e. The van der Waals surface area contributed by atoms with Crippen molar-refractivity contribution >= 4 is 15.4 Å². The van der Waals surface area contributed by atoms with Gasteiger partial charge in [0.2, 0.25) is 0 Å². The largest absolute Gasteiger partial charge is 0.454 e. The van der Waals surface area contributed by atoms with E-state index in [2.05, 4.69) is 34.3 Å². The van der Waals surface area contributed by atoms with E-state index in [0.717, 1.165) is 45.2 Å². The van der Waals surface area contributed by atoms with Gasteiger partial charge in [-0.1, -0.05) is 63.6 Å². The van der Waals surface area contributed by atoms with Crippen molar-refractivity contribution in [2.75, 3.05) is 19.6 Å². The van der Waals surface area contributed by atoms with Crippen LogP contribution in [0, 0.1) is 11.8 Å². The van der Waals surface area contributed by atoms with E-state index in [9.17, 15) is 20.1 Å². The van der Waals surface area contributed by atoms with Gasteiger partial charge in [0, 0.05) is 34.4 Å². The molecular formula is C29H48NO6P. The van der Waals surface area contributed by atoms with Crippen LogP contribution in [0.4, 0.5) is 0 Å². The summed E-state index contributed by atoms with van der Waals surface area (Å²) in [6.07, 6.45) is 17.2. The van der Waals surface area contributed by atoms with Crippen molar-refractivity contribution in [1.82, 2.24) is 4.90 Å². The summed E-state index contributed by atoms with van der Waals surface area (Å²) in [5.41, 5.74) is -1.38. The Morgan fingerprint density at radius 3 is 2.65 bits per heavy atom. The lowest BCUT2D eigenvalue weighted by atomic mass is 9.86. The van der Waals surface area contributed by atoms with Crippen LogP contribution in [0.15, 0.2) is 48.6 Å². The second kappa shape index (κ2) is 16.6. The van der Waals surface area contributed by atoms with Crippen molar-refractivity contribution in [3.05, 3.63) is 48.6 Å². The highest BCUT2D eigenvalue weighted by Crippen LogP contribution is 2.29. The monoisotopic (exact) mass is 537 g/mol. The van der Waals surface area contributed by atoms with Crippen LogP contribution >= 0.6 is 9.47 Å². The Hall–Kier alpha value is -1.34. The molecule has 0 saturated heterocycles. The number of aliphatic hydroxyl groups excluding tert-OH is 2. The minimum absolute atomic E-state index is 0.0435. The van der Waals surface area contributed by atoms with Crippen molar-refractivity contribution in [1.29, 1.82) is 0 Å². The number of ether oxygens (including phenoxy) is 1. The Morgan fingerprint density at radius 2 is 2.00 bits per heavy atom. The number of rotatable bonds is 15. The van der Waals surface area contributed by atoms with Gasteiger partial charge < -0.3 is 29.5 Å². The van der Waals surface area contributed by atoms with Gasteiger partial charge in [0.05, 0.1) is 18.3 Å². The average Bonchev–Trinajstić information content (AvgIpc) is 2.89. The zero-order chi connectivity index (χ0) is 27.3. The quantitative estimate of drug-likeness (QED) is 0.125. The summed E-state index contributed by atoms with van der Waals surface area (Å²) >= 11 is 0. The molecule has 0 amide bonds. The first kappa shape index (κ1) is 31.9. The highest BCUT2D eigenvalue weighted by Gasteiger charge is 2.37. The van der Waals surface area contributed by atoms with Gasteiger partial charge in [-0.05, 0) is 57.2 Å². The Kier molecular flexibility index (Phi) is 14.3. The van der Waals surface area contributed by atoms with Crippen molar-refractivity contribution in [2.24, 2.45) is 11.8 Å². The topological polar surface area (TPSA) is 99.5 Å². The molecule has 7 nitrogen and oxygen atoms in total. The first-order chi connectivity index (χ1) is 17.7. The lowest BCUT2D eigenvalue weighted by molar-refractivity contribution is -0.143. The average molecular weight is 538 g/mol. The molecule has 8 unspecified atom stereocenters. The lowest BCUT2D eigenvalue weighted by Gasteiger charge is -2.36. The molecule has 0 aromatic carbocycles. The summed E-state index contributed by atoms with van der Waals surface area (Å²) in [4.78, 5) is 14.1. The van der Waals surface area contributed by atoms with Crippen LogP contribution in [0.1, 0.15) is 65.7 Å². The van der Waals surface area contributed by atoms with Crippen LogP contribution in [-0.2, 0) is 14.1 Å². The third kappa shape index (κ3) is 10.7. The first-order valence-electron chi connectivity index (χ1n) is 13.8. The van der Waals surface area contributed by atoms with Crippen LogP contribution in [0.3, 0.4) is 0 Å². The maximum Gasteiger partial charge on any atom is 0.331 e. The Balaban J connectivity index is 2.12.